The van der Waals surface area contributed by atoms with Gasteiger partial charge in [0.25, 0.3) is 0 Å². The number of anilines is 1. The van der Waals surface area contributed by atoms with Gasteiger partial charge in [0, 0.05) is 18.1 Å². The van der Waals surface area contributed by atoms with Gasteiger partial charge in [-0.05, 0) is 42.8 Å². The van der Waals surface area contributed by atoms with Crippen molar-refractivity contribution >= 4 is 11.5 Å². The Kier molecular flexibility index (Phi) is 5.79. The number of hydrogen-bond donors (Lipinski definition) is 2. The van der Waals surface area contributed by atoms with Gasteiger partial charge in [-0.15, -0.1) is 0 Å². The molecule has 0 unspecified atom stereocenters. The Morgan fingerprint density at radius 2 is 2.00 bits per heavy atom. The topological polar surface area (TPSA) is 94.7 Å². The van der Waals surface area contributed by atoms with Gasteiger partial charge in [0.1, 0.15) is 23.9 Å². The number of nitrogens with two attached hydrogens (primary N) is 1. The first-order valence-electron chi connectivity index (χ1n) is 8.94. The van der Waals surface area contributed by atoms with Crippen molar-refractivity contribution in [1.82, 2.24) is 4.98 Å². The van der Waals surface area contributed by atoms with Crippen LogP contribution in [0.25, 0.3) is 0 Å². The lowest BCUT2D eigenvalue weighted by molar-refractivity contribution is 0.0985. The lowest BCUT2D eigenvalue weighted by atomic mass is 10.0. The van der Waals surface area contributed by atoms with Crippen molar-refractivity contribution in [2.24, 2.45) is 0 Å². The number of phenols is 1. The summed E-state index contributed by atoms with van der Waals surface area (Å²) in [5.74, 6) is 1.46. The second-order valence-corrected chi connectivity index (χ2v) is 6.33. The number of aromatic nitrogens is 1. The molecule has 0 spiro atoms. The van der Waals surface area contributed by atoms with Gasteiger partial charge < -0.3 is 20.3 Å². The number of aromatic hydroxyl groups is 1. The highest BCUT2D eigenvalue weighted by Crippen LogP contribution is 2.32. The van der Waals surface area contributed by atoms with Crippen LogP contribution in [0.3, 0.4) is 0 Å². The summed E-state index contributed by atoms with van der Waals surface area (Å²) in [6.45, 7) is 3.77. The predicted molar refractivity (Wildman–Crippen MR) is 107 cm³/mol. The zero-order chi connectivity index (χ0) is 20.1. The third-order valence-electron chi connectivity index (χ3n) is 4.28. The molecule has 3 N–H and O–H groups in total. The molecular formula is C22H22N2O4. The first-order valence-corrected chi connectivity index (χ1v) is 8.94. The minimum Gasteiger partial charge on any atom is -0.507 e. The summed E-state index contributed by atoms with van der Waals surface area (Å²) in [6.07, 6.45) is 1.87. The molecule has 3 rings (SSSR count). The number of ketones is 1. The lowest BCUT2D eigenvalue weighted by Crippen LogP contribution is -2.02. The van der Waals surface area contributed by atoms with Crippen molar-refractivity contribution < 1.29 is 19.4 Å². The van der Waals surface area contributed by atoms with E-state index < -0.39 is 0 Å². The van der Waals surface area contributed by atoms with E-state index in [-0.39, 0.29) is 18.1 Å². The number of nitrogen functional groups attached to an aromatic ring is 1. The fourth-order valence-corrected chi connectivity index (χ4v) is 2.69. The van der Waals surface area contributed by atoms with E-state index >= 15 is 0 Å². The zero-order valence-electron chi connectivity index (χ0n) is 15.8. The van der Waals surface area contributed by atoms with Crippen molar-refractivity contribution in [3.8, 4) is 23.1 Å². The molecule has 2 aromatic carbocycles. The van der Waals surface area contributed by atoms with E-state index in [1.165, 1.54) is 6.20 Å². The largest absolute Gasteiger partial charge is 0.507 e. The van der Waals surface area contributed by atoms with Gasteiger partial charge in [-0.25, -0.2) is 4.98 Å². The Morgan fingerprint density at radius 3 is 2.71 bits per heavy atom. The zero-order valence-corrected chi connectivity index (χ0v) is 15.8. The molecule has 3 aromatic rings. The fourth-order valence-electron chi connectivity index (χ4n) is 2.69. The normalized spacial score (nSPS) is 10.5. The second kappa shape index (κ2) is 8.43. The maximum atomic E-state index is 11.9. The molecular weight excluding hydrogens is 356 g/mol. The molecule has 0 aliphatic rings. The molecule has 0 radical (unpaired) electrons. The molecule has 0 saturated carbocycles. The quantitative estimate of drug-likeness (QED) is 0.582. The highest BCUT2D eigenvalue weighted by atomic mass is 16.5. The van der Waals surface area contributed by atoms with Crippen LogP contribution in [0.15, 0.2) is 54.7 Å². The van der Waals surface area contributed by atoms with Crippen molar-refractivity contribution in [3.05, 3.63) is 71.4 Å². The molecule has 1 aromatic heterocycles. The first-order chi connectivity index (χ1) is 13.5. The first kappa shape index (κ1) is 19.2. The number of pyridine rings is 1. The number of carbonyl (C=O) groups is 1. The van der Waals surface area contributed by atoms with E-state index in [9.17, 15) is 9.90 Å². The van der Waals surface area contributed by atoms with Crippen LogP contribution in [-0.2, 0) is 6.61 Å². The molecule has 144 valence electrons. The third-order valence-corrected chi connectivity index (χ3v) is 4.28. The molecule has 6 nitrogen and oxygen atoms in total. The van der Waals surface area contributed by atoms with E-state index in [1.54, 1.807) is 38.1 Å². The number of ether oxygens (including phenoxy) is 2. The van der Waals surface area contributed by atoms with Crippen LogP contribution in [0.1, 0.15) is 34.8 Å². The summed E-state index contributed by atoms with van der Waals surface area (Å²) in [7, 11) is 0. The minimum absolute atomic E-state index is 0.0316. The maximum absolute atomic E-state index is 11.9. The molecule has 0 aliphatic heterocycles. The number of carbonyl (C=O) groups excluding carboxylic acids is 1. The van der Waals surface area contributed by atoms with Gasteiger partial charge >= 0.3 is 0 Å². The monoisotopic (exact) mass is 378 g/mol. The highest BCUT2D eigenvalue weighted by molar-refractivity contribution is 5.99. The molecule has 6 heteroatoms. The maximum Gasteiger partial charge on any atom is 0.219 e. The smallest absolute Gasteiger partial charge is 0.219 e. The molecule has 0 atom stereocenters. The molecule has 0 aliphatic carbocycles. The summed E-state index contributed by atoms with van der Waals surface area (Å²) < 4.78 is 11.6. The van der Waals surface area contributed by atoms with Gasteiger partial charge in [-0.1, -0.05) is 19.1 Å². The van der Waals surface area contributed by atoms with Crippen LogP contribution < -0.4 is 15.2 Å². The minimum atomic E-state index is -0.103. The van der Waals surface area contributed by atoms with E-state index in [1.807, 2.05) is 24.3 Å². The van der Waals surface area contributed by atoms with Crippen LogP contribution in [0.2, 0.25) is 0 Å². The van der Waals surface area contributed by atoms with Gasteiger partial charge in [0.05, 0.1) is 17.4 Å². The number of benzene rings is 2. The Labute approximate surface area is 163 Å². The number of Topliss-reactive ketones (excluding diaryl/α,β-unsaturated/α-hetero) is 1. The van der Waals surface area contributed by atoms with Crippen LogP contribution in [0.4, 0.5) is 5.69 Å². The van der Waals surface area contributed by atoms with Crippen molar-refractivity contribution in [1.29, 1.82) is 0 Å². The molecule has 0 amide bonds. The van der Waals surface area contributed by atoms with E-state index in [0.29, 0.717) is 40.6 Å². The predicted octanol–water partition coefficient (Wildman–Crippen LogP) is 4.64. The molecule has 1 heterocycles. The van der Waals surface area contributed by atoms with Gasteiger partial charge in [-0.3, -0.25) is 4.79 Å². The van der Waals surface area contributed by atoms with Crippen LogP contribution in [0.5, 0.6) is 23.1 Å². The van der Waals surface area contributed by atoms with E-state index in [0.717, 1.165) is 5.56 Å². The lowest BCUT2D eigenvalue weighted by Gasteiger charge is -2.13. The van der Waals surface area contributed by atoms with E-state index in [4.69, 9.17) is 15.2 Å². The van der Waals surface area contributed by atoms with Crippen molar-refractivity contribution in [2.75, 3.05) is 5.73 Å². The molecule has 0 bridgehead atoms. The summed E-state index contributed by atoms with van der Waals surface area (Å²) in [5.41, 5.74) is 7.94. The van der Waals surface area contributed by atoms with Crippen LogP contribution in [0, 0.1) is 6.92 Å². The van der Waals surface area contributed by atoms with Crippen LogP contribution >= 0.6 is 0 Å². The van der Waals surface area contributed by atoms with Crippen molar-refractivity contribution in [3.63, 3.8) is 0 Å². The van der Waals surface area contributed by atoms with Crippen molar-refractivity contribution in [2.45, 2.75) is 26.9 Å². The Balaban J connectivity index is 1.70. The standard InChI is InChI=1S/C22H22N2O4/c1-3-19(25)18-8-9-20(14(2)22(18)26)27-13-15-5-4-6-17(11-15)28-21-10-7-16(23)12-24-21/h4-12,26H,3,13,23H2,1-2H3. The summed E-state index contributed by atoms with van der Waals surface area (Å²) in [4.78, 5) is 16.0. The number of hydrogen-bond acceptors (Lipinski definition) is 6. The molecule has 0 saturated heterocycles. The Hall–Kier alpha value is -3.54. The number of rotatable bonds is 7. The Morgan fingerprint density at radius 1 is 1.18 bits per heavy atom. The van der Waals surface area contributed by atoms with Gasteiger partial charge in [0.15, 0.2) is 5.78 Å². The summed E-state index contributed by atoms with van der Waals surface area (Å²) in [5, 5.41) is 10.3. The highest BCUT2D eigenvalue weighted by Gasteiger charge is 2.14. The average Bonchev–Trinajstić information content (AvgIpc) is 2.70. The number of phenolic OH excluding ortho intramolecular Hbond substituents is 1. The SMILES string of the molecule is CCC(=O)c1ccc(OCc2cccc(Oc3ccc(N)cn3)c2)c(C)c1O. The Bertz CT molecular complexity index is 984. The van der Waals surface area contributed by atoms with Gasteiger partial charge in [-0.2, -0.15) is 0 Å². The van der Waals surface area contributed by atoms with Gasteiger partial charge in [0.2, 0.25) is 5.88 Å². The van der Waals surface area contributed by atoms with Crippen LogP contribution in [-0.4, -0.2) is 15.9 Å². The fraction of sp³-hybridized carbons (Fsp3) is 0.182. The average molecular weight is 378 g/mol. The molecule has 0 fully saturated rings. The summed E-state index contributed by atoms with van der Waals surface area (Å²) in [6, 6.07) is 14.2. The second-order valence-electron chi connectivity index (χ2n) is 6.33. The third kappa shape index (κ3) is 4.40. The molecule has 28 heavy (non-hydrogen) atoms. The number of nitrogens with zero attached hydrogens (tertiary/aromatic N) is 1. The van der Waals surface area contributed by atoms with E-state index in [2.05, 4.69) is 4.98 Å². The summed E-state index contributed by atoms with van der Waals surface area (Å²) >= 11 is 0.